The number of hydrogen-bond acceptors (Lipinski definition) is 13. The van der Waals surface area contributed by atoms with Crippen LogP contribution >= 0.6 is 0 Å². The summed E-state index contributed by atoms with van der Waals surface area (Å²) in [6.07, 6.45) is -5.44. The van der Waals surface area contributed by atoms with Gasteiger partial charge >= 0.3 is 17.9 Å². The second-order valence-electron chi connectivity index (χ2n) is 16.3. The Hall–Kier alpha value is -1.87. The molecule has 4 aliphatic carbocycles. The summed E-state index contributed by atoms with van der Waals surface area (Å²) >= 11 is 0. The number of carbonyl (C=O) groups is 3. The van der Waals surface area contributed by atoms with Crippen molar-refractivity contribution in [2.45, 2.75) is 128 Å². The van der Waals surface area contributed by atoms with Crippen molar-refractivity contribution in [2.75, 3.05) is 14.2 Å². The lowest BCUT2D eigenvalue weighted by Gasteiger charge is -2.67. The highest BCUT2D eigenvalue weighted by Gasteiger charge is 2.86. The summed E-state index contributed by atoms with van der Waals surface area (Å²) in [7, 11) is 3.02. The van der Waals surface area contributed by atoms with E-state index >= 15 is 0 Å². The van der Waals surface area contributed by atoms with Crippen LogP contribution in [0, 0.1) is 51.8 Å². The molecule has 4 N–H and O–H groups in total. The van der Waals surface area contributed by atoms with Crippen LogP contribution in [0.15, 0.2) is 0 Å². The molecule has 0 aromatic rings. The molecule has 20 atom stereocenters. The number of fused-ring (bicyclic) bond motifs is 10. The summed E-state index contributed by atoms with van der Waals surface area (Å²) < 4.78 is 43.3. The first kappa shape index (κ1) is 33.6. The van der Waals surface area contributed by atoms with E-state index in [1.807, 2.05) is 27.7 Å². The molecule has 0 aromatic heterocycles. The number of epoxide rings is 1. The predicted octanol–water partition coefficient (Wildman–Crippen LogP) is 0.939. The van der Waals surface area contributed by atoms with Gasteiger partial charge in [0.1, 0.15) is 18.3 Å². The lowest BCUT2D eigenvalue weighted by Crippen LogP contribution is -2.76. The number of rotatable bonds is 4. The molecule has 7 rings (SSSR count). The number of aliphatic hydroxyl groups excluding tert-OH is 2. The zero-order chi connectivity index (χ0) is 34.5. The highest BCUT2D eigenvalue weighted by molar-refractivity contribution is 5.84. The van der Waals surface area contributed by atoms with Gasteiger partial charge in [-0.15, -0.1) is 0 Å². The molecule has 3 heterocycles. The van der Waals surface area contributed by atoms with Crippen molar-refractivity contribution in [3.8, 4) is 0 Å². The van der Waals surface area contributed by atoms with Crippen molar-refractivity contribution in [2.24, 2.45) is 57.5 Å². The van der Waals surface area contributed by atoms with Gasteiger partial charge in [-0.1, -0.05) is 13.8 Å². The monoisotopic (exact) mass is 665 g/mol. The van der Waals surface area contributed by atoms with E-state index < -0.39 is 124 Å². The maximum Gasteiger partial charge on any atom is 0.341 e. The summed E-state index contributed by atoms with van der Waals surface area (Å²) in [5.41, 5.74) is 2.29. The standard InChI is InChI=1S/C34H51NO12/c1-12-18-21(32(6)33(7,42-10)29(40)47-34(32,8)46-12)23(38)19-17-20(26(43-13(2)36)28(31(18,19)5)44-14(3)37)30(4)15(22(35)25(17)41-9)11-16-24(45-16)27(30)39/h12,15-28,38-39H,11,35H2,1-10H3/t12-,15+,16-,17?,18-,19+,20?,21-,22-,23+,24-,25+,26-,27-,28-,30-,31+,32-,33+,34-/m0/s1. The fraction of sp³-hybridized carbons (Fsp3) is 0.912. The average Bonchev–Trinajstić information content (AvgIpc) is 3.68. The zero-order valence-electron chi connectivity index (χ0n) is 28.9. The summed E-state index contributed by atoms with van der Waals surface area (Å²) in [5, 5.41) is 25.0. The van der Waals surface area contributed by atoms with Crippen LogP contribution in [-0.2, 0) is 47.5 Å². The number of hydrogen-bond donors (Lipinski definition) is 3. The molecule has 0 radical (unpaired) electrons. The topological polar surface area (TPSA) is 186 Å². The fourth-order valence-corrected chi connectivity index (χ4v) is 12.8. The highest BCUT2D eigenvalue weighted by atomic mass is 16.7. The molecule has 0 amide bonds. The van der Waals surface area contributed by atoms with Crippen LogP contribution in [0.4, 0.5) is 0 Å². The average molecular weight is 666 g/mol. The van der Waals surface area contributed by atoms with Gasteiger partial charge in [-0.2, -0.15) is 0 Å². The Labute approximate surface area is 275 Å². The van der Waals surface area contributed by atoms with E-state index in [2.05, 4.69) is 0 Å². The van der Waals surface area contributed by atoms with Gasteiger partial charge in [0.2, 0.25) is 5.79 Å². The molecular formula is C34H51NO12. The van der Waals surface area contributed by atoms with Crippen molar-refractivity contribution in [1.82, 2.24) is 0 Å². The SMILES string of the molecule is CO[C@@H]1C2C([C@H](OC(C)=O)[C@H](OC(C)=O)[C@]3(C)[C@@H]4[C@@H]([C@H](O)[C@@H]23)[C@]2(C)[C@](C)(OC(=O)[C@@]2(C)OC)O[C@H]4C)[C@]2(C)[C@H](C[C@@H]3O[C@@H]3[C@@H]2O)[C@@H]1N. The maximum absolute atomic E-state index is 13.6. The molecule has 7 fully saturated rings. The van der Waals surface area contributed by atoms with Crippen LogP contribution in [-0.4, -0.2) is 109 Å². The Morgan fingerprint density at radius 2 is 1.55 bits per heavy atom. The van der Waals surface area contributed by atoms with Gasteiger partial charge in [0.05, 0.1) is 35.9 Å². The van der Waals surface area contributed by atoms with Gasteiger partial charge in [0.15, 0.2) is 5.60 Å². The third-order valence-electron chi connectivity index (χ3n) is 14.9. The minimum atomic E-state index is -1.51. The molecule has 0 spiro atoms. The van der Waals surface area contributed by atoms with E-state index in [1.165, 1.54) is 21.0 Å². The molecule has 13 nitrogen and oxygen atoms in total. The first-order chi connectivity index (χ1) is 21.8. The molecule has 4 saturated carbocycles. The van der Waals surface area contributed by atoms with Crippen molar-refractivity contribution in [1.29, 1.82) is 0 Å². The lowest BCUT2D eigenvalue weighted by atomic mass is 9.40. The zero-order valence-corrected chi connectivity index (χ0v) is 28.9. The van der Waals surface area contributed by atoms with E-state index in [1.54, 1.807) is 21.0 Å². The van der Waals surface area contributed by atoms with Crippen LogP contribution in [0.1, 0.15) is 61.8 Å². The Balaban J connectivity index is 1.50. The van der Waals surface area contributed by atoms with E-state index in [0.29, 0.717) is 6.42 Å². The van der Waals surface area contributed by atoms with Crippen LogP contribution in [0.2, 0.25) is 0 Å². The molecule has 7 aliphatic rings. The second-order valence-corrected chi connectivity index (χ2v) is 16.3. The van der Waals surface area contributed by atoms with E-state index in [9.17, 15) is 24.6 Å². The van der Waals surface area contributed by atoms with Crippen molar-refractivity contribution >= 4 is 17.9 Å². The van der Waals surface area contributed by atoms with Gasteiger partial charge in [-0.3, -0.25) is 9.59 Å². The molecule has 0 bridgehead atoms. The minimum Gasteiger partial charge on any atom is -0.458 e. The van der Waals surface area contributed by atoms with Crippen LogP contribution in [0.5, 0.6) is 0 Å². The smallest absolute Gasteiger partial charge is 0.341 e. The molecule has 13 heteroatoms. The molecule has 3 aliphatic heterocycles. The minimum absolute atomic E-state index is 0.143. The number of ether oxygens (including phenoxy) is 7. The molecule has 0 aromatic carbocycles. The van der Waals surface area contributed by atoms with Gasteiger partial charge in [0.25, 0.3) is 0 Å². The Morgan fingerprint density at radius 3 is 2.13 bits per heavy atom. The third-order valence-corrected chi connectivity index (χ3v) is 14.9. The lowest BCUT2D eigenvalue weighted by molar-refractivity contribution is -0.342. The van der Waals surface area contributed by atoms with Gasteiger partial charge < -0.3 is 49.1 Å². The number of carbonyl (C=O) groups excluding carboxylic acids is 3. The van der Waals surface area contributed by atoms with Crippen molar-refractivity contribution in [3.63, 3.8) is 0 Å². The number of esters is 3. The summed E-state index contributed by atoms with van der Waals surface area (Å²) in [4.78, 5) is 39.7. The largest absolute Gasteiger partial charge is 0.458 e. The predicted molar refractivity (Wildman–Crippen MR) is 161 cm³/mol. The van der Waals surface area contributed by atoms with Crippen molar-refractivity contribution in [3.05, 3.63) is 0 Å². The molecule has 264 valence electrons. The first-order valence-electron chi connectivity index (χ1n) is 16.9. The summed E-state index contributed by atoms with van der Waals surface area (Å²) in [5.74, 6) is -6.71. The molecular weight excluding hydrogens is 614 g/mol. The van der Waals surface area contributed by atoms with Gasteiger partial charge in [-0.05, 0) is 39.0 Å². The first-order valence-corrected chi connectivity index (χ1v) is 16.9. The third kappa shape index (κ3) is 3.72. The second kappa shape index (κ2) is 10.1. The van der Waals surface area contributed by atoms with Crippen molar-refractivity contribution < 1.29 is 57.8 Å². The molecule has 47 heavy (non-hydrogen) atoms. The summed E-state index contributed by atoms with van der Waals surface area (Å²) in [6.45, 7) is 13.6. The van der Waals surface area contributed by atoms with E-state index in [4.69, 9.17) is 38.9 Å². The van der Waals surface area contributed by atoms with E-state index in [0.717, 1.165) is 0 Å². The fourth-order valence-electron chi connectivity index (χ4n) is 12.8. The molecule has 3 saturated heterocycles. The Kier molecular flexibility index (Phi) is 7.23. The maximum atomic E-state index is 13.6. The van der Waals surface area contributed by atoms with Crippen LogP contribution in [0.25, 0.3) is 0 Å². The number of aliphatic hydroxyl groups is 2. The molecule has 2 unspecified atom stereocenters. The van der Waals surface area contributed by atoms with Gasteiger partial charge in [0, 0.05) is 75.5 Å². The normalized spacial score (nSPS) is 60.1. The Morgan fingerprint density at radius 1 is 0.915 bits per heavy atom. The van der Waals surface area contributed by atoms with E-state index in [-0.39, 0.29) is 12.0 Å². The highest BCUT2D eigenvalue weighted by Crippen LogP contribution is 2.76. The quantitative estimate of drug-likeness (QED) is 0.219. The summed E-state index contributed by atoms with van der Waals surface area (Å²) in [6, 6.07) is -0.566. The Bertz CT molecular complexity index is 1380. The number of nitrogens with two attached hydrogens (primary N) is 1. The van der Waals surface area contributed by atoms with Gasteiger partial charge in [-0.25, -0.2) is 4.79 Å². The number of methoxy groups -OCH3 is 2. The van der Waals surface area contributed by atoms with Crippen LogP contribution in [0.3, 0.4) is 0 Å². The van der Waals surface area contributed by atoms with Crippen LogP contribution < -0.4 is 5.73 Å².